The maximum atomic E-state index is 12.4. The van der Waals surface area contributed by atoms with Gasteiger partial charge in [0.1, 0.15) is 0 Å². The van der Waals surface area contributed by atoms with Gasteiger partial charge in [0.25, 0.3) is 11.6 Å². The average molecular weight is 324 g/mol. The van der Waals surface area contributed by atoms with Gasteiger partial charge in [-0.1, -0.05) is 18.2 Å². The molecule has 0 amide bonds. The Balaban J connectivity index is 1.84. The summed E-state index contributed by atoms with van der Waals surface area (Å²) in [5.74, 6) is -0.443. The fraction of sp³-hybridized carbons (Fsp3) is 0. The van der Waals surface area contributed by atoms with E-state index in [1.807, 2.05) is 30.3 Å². The number of rotatable bonds is 4. The van der Waals surface area contributed by atoms with Crippen molar-refractivity contribution in [2.75, 3.05) is 11.1 Å². The summed E-state index contributed by atoms with van der Waals surface area (Å²) >= 11 is 0. The Bertz CT molecular complexity index is 889. The van der Waals surface area contributed by atoms with Crippen LogP contribution in [0, 0.1) is 10.1 Å². The predicted molar refractivity (Wildman–Crippen MR) is 87.0 cm³/mol. The van der Waals surface area contributed by atoms with Crippen LogP contribution in [0.2, 0.25) is 0 Å². The third-order valence-electron chi connectivity index (χ3n) is 3.18. The van der Waals surface area contributed by atoms with E-state index in [0.29, 0.717) is 0 Å². The first-order valence-corrected chi connectivity index (χ1v) is 6.88. The van der Waals surface area contributed by atoms with E-state index in [1.165, 1.54) is 24.3 Å². The SMILES string of the molecule is Nc1nc(Nc2ccccc2)nn1C(=O)c1ccc([N+](=O)[O-])cc1. The number of nitro benzene ring substituents is 1. The van der Waals surface area contributed by atoms with Crippen molar-refractivity contribution in [3.63, 3.8) is 0 Å². The van der Waals surface area contributed by atoms with Gasteiger partial charge in [0.05, 0.1) is 4.92 Å². The summed E-state index contributed by atoms with van der Waals surface area (Å²) in [6.45, 7) is 0. The highest BCUT2D eigenvalue weighted by molar-refractivity contribution is 5.97. The molecule has 2 aromatic carbocycles. The number of hydrogen-bond acceptors (Lipinski definition) is 7. The van der Waals surface area contributed by atoms with Crippen molar-refractivity contribution >= 4 is 29.2 Å². The van der Waals surface area contributed by atoms with Crippen molar-refractivity contribution in [1.29, 1.82) is 0 Å². The fourth-order valence-corrected chi connectivity index (χ4v) is 2.03. The van der Waals surface area contributed by atoms with Crippen LogP contribution in [0.5, 0.6) is 0 Å². The van der Waals surface area contributed by atoms with Crippen LogP contribution in [0.15, 0.2) is 54.6 Å². The number of carbonyl (C=O) groups is 1. The molecule has 3 aromatic rings. The number of nitrogen functional groups attached to an aromatic ring is 1. The van der Waals surface area contributed by atoms with Gasteiger partial charge in [-0.15, -0.1) is 5.10 Å². The molecule has 0 aliphatic heterocycles. The molecule has 9 heteroatoms. The van der Waals surface area contributed by atoms with Crippen molar-refractivity contribution in [1.82, 2.24) is 14.8 Å². The molecule has 9 nitrogen and oxygen atoms in total. The molecule has 0 aliphatic carbocycles. The Morgan fingerprint density at radius 1 is 1.12 bits per heavy atom. The first kappa shape index (κ1) is 15.2. The Kier molecular flexibility index (Phi) is 3.89. The van der Waals surface area contributed by atoms with Gasteiger partial charge in [-0.05, 0) is 24.3 Å². The molecule has 0 bridgehead atoms. The molecule has 0 unspecified atom stereocenters. The number of hydrogen-bond donors (Lipinski definition) is 2. The van der Waals surface area contributed by atoms with Crippen molar-refractivity contribution < 1.29 is 9.72 Å². The zero-order valence-electron chi connectivity index (χ0n) is 12.3. The Labute approximate surface area is 135 Å². The highest BCUT2D eigenvalue weighted by Gasteiger charge is 2.17. The molecule has 24 heavy (non-hydrogen) atoms. The second kappa shape index (κ2) is 6.16. The first-order valence-electron chi connectivity index (χ1n) is 6.88. The lowest BCUT2D eigenvalue weighted by molar-refractivity contribution is -0.384. The standard InChI is InChI=1S/C15H12N6O3/c16-14-18-15(17-11-4-2-1-3-5-11)19-20(14)13(22)10-6-8-12(9-7-10)21(23)24/h1-9H,(H3,16,17,18,19). The van der Waals surface area contributed by atoms with Crippen LogP contribution in [0.1, 0.15) is 10.4 Å². The number of nitro groups is 1. The number of nitrogens with zero attached hydrogens (tertiary/aromatic N) is 4. The topological polar surface area (TPSA) is 129 Å². The van der Waals surface area contributed by atoms with E-state index in [0.717, 1.165) is 10.4 Å². The predicted octanol–water partition coefficient (Wildman–Crippen LogP) is 2.20. The molecule has 3 rings (SSSR count). The van der Waals surface area contributed by atoms with Crippen LogP contribution < -0.4 is 11.1 Å². The fourth-order valence-electron chi connectivity index (χ4n) is 2.03. The van der Waals surface area contributed by atoms with Crippen LogP contribution in [0.3, 0.4) is 0 Å². The number of non-ortho nitro benzene ring substituents is 1. The quantitative estimate of drug-likeness (QED) is 0.556. The van der Waals surface area contributed by atoms with Crippen LogP contribution in [0.25, 0.3) is 0 Å². The lowest BCUT2D eigenvalue weighted by Crippen LogP contribution is -2.16. The lowest BCUT2D eigenvalue weighted by Gasteiger charge is -2.01. The van der Waals surface area contributed by atoms with Crippen molar-refractivity contribution in [3.8, 4) is 0 Å². The maximum absolute atomic E-state index is 12.4. The summed E-state index contributed by atoms with van der Waals surface area (Å²) in [5.41, 5.74) is 6.58. The minimum atomic E-state index is -0.542. The second-order valence-corrected chi connectivity index (χ2v) is 4.81. The molecule has 0 saturated carbocycles. The molecular formula is C15H12N6O3. The molecule has 0 atom stereocenters. The van der Waals surface area contributed by atoms with E-state index in [4.69, 9.17) is 5.73 Å². The summed E-state index contributed by atoms with van der Waals surface area (Å²) in [6, 6.07) is 14.3. The zero-order valence-corrected chi connectivity index (χ0v) is 12.3. The summed E-state index contributed by atoms with van der Waals surface area (Å²) in [5, 5.41) is 17.6. The van der Waals surface area contributed by atoms with E-state index >= 15 is 0 Å². The van der Waals surface area contributed by atoms with Gasteiger partial charge in [-0.3, -0.25) is 14.9 Å². The number of carbonyl (C=O) groups excluding carboxylic acids is 1. The summed E-state index contributed by atoms with van der Waals surface area (Å²) in [4.78, 5) is 26.5. The van der Waals surface area contributed by atoms with Gasteiger partial charge >= 0.3 is 0 Å². The molecular weight excluding hydrogens is 312 g/mol. The molecule has 0 spiro atoms. The molecule has 0 radical (unpaired) electrons. The van der Waals surface area contributed by atoms with E-state index < -0.39 is 10.8 Å². The smallest absolute Gasteiger partial charge is 0.281 e. The zero-order chi connectivity index (χ0) is 17.1. The number of anilines is 3. The lowest BCUT2D eigenvalue weighted by atomic mass is 10.2. The van der Waals surface area contributed by atoms with Crippen molar-refractivity contribution in [3.05, 3.63) is 70.3 Å². The normalized spacial score (nSPS) is 10.3. The minimum absolute atomic E-state index is 0.0863. The molecule has 1 heterocycles. The van der Waals surface area contributed by atoms with Crippen LogP contribution >= 0.6 is 0 Å². The number of nitrogens with two attached hydrogens (primary N) is 1. The van der Waals surface area contributed by atoms with E-state index in [1.54, 1.807) is 0 Å². The Hall–Kier alpha value is -3.75. The van der Waals surface area contributed by atoms with Gasteiger partial charge < -0.3 is 11.1 Å². The number of aromatic nitrogens is 3. The second-order valence-electron chi connectivity index (χ2n) is 4.81. The molecule has 0 aliphatic rings. The van der Waals surface area contributed by atoms with Gasteiger partial charge in [0, 0.05) is 23.4 Å². The monoisotopic (exact) mass is 324 g/mol. The highest BCUT2D eigenvalue weighted by Crippen LogP contribution is 2.16. The number of benzene rings is 2. The van der Waals surface area contributed by atoms with Crippen LogP contribution in [-0.4, -0.2) is 25.6 Å². The number of para-hydroxylation sites is 1. The van der Waals surface area contributed by atoms with Crippen molar-refractivity contribution in [2.45, 2.75) is 0 Å². The molecule has 1 aromatic heterocycles. The van der Waals surface area contributed by atoms with Gasteiger partial charge in [0.15, 0.2) is 0 Å². The Morgan fingerprint density at radius 3 is 2.42 bits per heavy atom. The van der Waals surface area contributed by atoms with Crippen LogP contribution in [-0.2, 0) is 0 Å². The van der Waals surface area contributed by atoms with Gasteiger partial charge in [0.2, 0.25) is 11.9 Å². The Morgan fingerprint density at radius 2 is 1.79 bits per heavy atom. The van der Waals surface area contributed by atoms with Gasteiger partial charge in [-0.25, -0.2) is 0 Å². The molecule has 120 valence electrons. The highest BCUT2D eigenvalue weighted by atomic mass is 16.6. The molecule has 0 saturated heterocycles. The van der Waals surface area contributed by atoms with Gasteiger partial charge in [-0.2, -0.15) is 9.67 Å². The maximum Gasteiger partial charge on any atom is 0.281 e. The third-order valence-corrected chi connectivity index (χ3v) is 3.18. The van der Waals surface area contributed by atoms with E-state index in [9.17, 15) is 14.9 Å². The molecule has 0 fully saturated rings. The summed E-state index contributed by atoms with van der Waals surface area (Å²) in [6.07, 6.45) is 0. The van der Waals surface area contributed by atoms with E-state index in [2.05, 4.69) is 15.4 Å². The largest absolute Gasteiger partial charge is 0.368 e. The van der Waals surface area contributed by atoms with Crippen molar-refractivity contribution in [2.24, 2.45) is 0 Å². The molecule has 3 N–H and O–H groups in total. The van der Waals surface area contributed by atoms with E-state index in [-0.39, 0.29) is 23.1 Å². The third kappa shape index (κ3) is 3.04. The van der Waals surface area contributed by atoms with Crippen LogP contribution in [0.4, 0.5) is 23.3 Å². The first-order chi connectivity index (χ1) is 11.5. The summed E-state index contributed by atoms with van der Waals surface area (Å²) in [7, 11) is 0. The average Bonchev–Trinajstić information content (AvgIpc) is 2.95. The minimum Gasteiger partial charge on any atom is -0.368 e. The summed E-state index contributed by atoms with van der Waals surface area (Å²) < 4.78 is 0.937. The number of nitrogens with one attached hydrogen (secondary N) is 1.